The molecule has 40 valence electrons. The van der Waals surface area contributed by atoms with Gasteiger partial charge in [-0.25, -0.2) is 0 Å². The maximum atomic E-state index is 1.34. The van der Waals surface area contributed by atoms with Gasteiger partial charge in [-0.2, -0.15) is 0 Å². The molecule has 0 N–H and O–H groups in total. The summed E-state index contributed by atoms with van der Waals surface area (Å²) in [6.07, 6.45) is 0. The molecule has 2 heterocycles. The van der Waals surface area contributed by atoms with Crippen LogP contribution in [0.2, 0.25) is 0 Å². The molecule has 7 heavy (non-hydrogen) atoms. The SMILES string of the molecule is [se]1[se]p2[se][se]p1[se]2. The zero-order chi connectivity index (χ0) is 4.69. The van der Waals surface area contributed by atoms with Gasteiger partial charge in [0.25, 0.3) is 0 Å². The average Bonchev–Trinajstić information content (AvgIpc) is 2.22. The third-order valence-corrected chi connectivity index (χ3v) is 151. The minimum atomic E-state index is 0.903. The van der Waals surface area contributed by atoms with Crippen molar-refractivity contribution in [2.45, 2.75) is 0 Å². The third-order valence-electron chi connectivity index (χ3n) is 0.443. The van der Waals surface area contributed by atoms with Crippen molar-refractivity contribution in [2.75, 3.05) is 0 Å². The van der Waals surface area contributed by atoms with Crippen molar-refractivity contribution in [1.82, 2.24) is 0 Å². The summed E-state index contributed by atoms with van der Waals surface area (Å²) in [5, 5.41) is 0. The molecule has 2 aromatic rings. The van der Waals surface area contributed by atoms with E-state index in [4.69, 9.17) is 0 Å². The van der Waals surface area contributed by atoms with E-state index in [2.05, 4.69) is 0 Å². The first-order valence-corrected chi connectivity index (χ1v) is 26.1. The Hall–Kier alpha value is 3.20. The quantitative estimate of drug-likeness (QED) is 0.483. The van der Waals surface area contributed by atoms with Gasteiger partial charge in [0.2, 0.25) is 0 Å². The van der Waals surface area contributed by atoms with E-state index < -0.39 is 0 Å². The van der Waals surface area contributed by atoms with Gasteiger partial charge in [0.15, 0.2) is 0 Å². The van der Waals surface area contributed by atoms with Gasteiger partial charge in [-0.1, -0.05) is 0 Å². The van der Waals surface area contributed by atoms with Crippen molar-refractivity contribution >= 4 is 68.9 Å². The van der Waals surface area contributed by atoms with Crippen LogP contribution in [0.4, 0.5) is 0 Å². The molecule has 0 amide bonds. The molecule has 0 aliphatic carbocycles. The molecule has 2 bridgehead atoms. The van der Waals surface area contributed by atoms with E-state index in [1.807, 2.05) is 0 Å². The van der Waals surface area contributed by atoms with E-state index in [1.165, 1.54) is 62.3 Å². The average molecular weight is 457 g/mol. The van der Waals surface area contributed by atoms with E-state index >= 15 is 0 Å². The van der Waals surface area contributed by atoms with E-state index in [1.54, 1.807) is 0 Å². The fraction of sp³-hybridized carbons (Fsp3) is 0. The molecule has 2 rings (SSSR count). The molecule has 0 radical (unpaired) electrons. The zero-order valence-corrected chi connectivity index (χ0v) is 13.3. The first kappa shape index (κ1) is 6.88. The van der Waals surface area contributed by atoms with Gasteiger partial charge < -0.3 is 0 Å². The normalized spacial score (nSPS) is 16.0. The zero-order valence-electron chi connectivity index (χ0n) is 2.94. The predicted molar refractivity (Wildman–Crippen MR) is 42.6 cm³/mol. The summed E-state index contributed by atoms with van der Waals surface area (Å²) in [6, 6.07) is 0. The Kier molecular flexibility index (Phi) is 3.01. The fourth-order valence-corrected chi connectivity index (χ4v) is 329. The van der Waals surface area contributed by atoms with Crippen LogP contribution >= 0.6 is 6.63 Å². The van der Waals surface area contributed by atoms with Crippen molar-refractivity contribution in [3.8, 4) is 0 Å². The molecule has 0 aliphatic heterocycles. The summed E-state index contributed by atoms with van der Waals surface area (Å²) in [4.78, 5) is 0. The minimum absolute atomic E-state index is 0.903. The molecule has 0 nitrogen and oxygen atoms in total. The van der Waals surface area contributed by atoms with Crippen molar-refractivity contribution in [2.24, 2.45) is 0 Å². The molecule has 0 aromatic carbocycles. The van der Waals surface area contributed by atoms with E-state index in [0.29, 0.717) is 0 Å². The van der Waals surface area contributed by atoms with Crippen LogP contribution in [-0.2, 0) is 0 Å². The second-order valence-electron chi connectivity index (χ2n) is 0.827. The summed E-state index contributed by atoms with van der Waals surface area (Å²) >= 11 is 6.59. The summed E-state index contributed by atoms with van der Waals surface area (Å²) in [6.45, 7) is 0. The van der Waals surface area contributed by atoms with Crippen molar-refractivity contribution in [3.63, 3.8) is 0 Å². The molecule has 0 unspecified atom stereocenters. The van der Waals surface area contributed by atoms with Gasteiger partial charge in [0, 0.05) is 0 Å². The van der Waals surface area contributed by atoms with Gasteiger partial charge in [0.05, 0.1) is 0 Å². The maximum absolute atomic E-state index is 1.34. The second kappa shape index (κ2) is 3.07. The van der Waals surface area contributed by atoms with Crippen LogP contribution in [0.1, 0.15) is 0 Å². The van der Waals surface area contributed by atoms with Crippen LogP contribution in [0.5, 0.6) is 0 Å². The summed E-state index contributed by atoms with van der Waals surface area (Å²) in [5.74, 6) is 0. The molecule has 0 spiro atoms. The molecule has 2 aromatic heterocycles. The van der Waals surface area contributed by atoms with Crippen molar-refractivity contribution < 1.29 is 0 Å². The van der Waals surface area contributed by atoms with Crippen molar-refractivity contribution in [1.29, 1.82) is 0 Å². The summed E-state index contributed by atoms with van der Waals surface area (Å²) in [7, 11) is 0. The van der Waals surface area contributed by atoms with Crippen LogP contribution in [0.15, 0.2) is 0 Å². The number of rotatable bonds is 0. The molecule has 0 atom stereocenters. The number of hydrogen-bond donors (Lipinski definition) is 0. The second-order valence-corrected chi connectivity index (χ2v) is 64.2. The van der Waals surface area contributed by atoms with Gasteiger partial charge in [-0.05, 0) is 0 Å². The Labute approximate surface area is 67.6 Å². The summed E-state index contributed by atoms with van der Waals surface area (Å²) < 4.78 is 1.81. The molecular weight excluding hydrogens is 457 g/mol. The van der Waals surface area contributed by atoms with Crippen LogP contribution in [0.25, 0.3) is 0 Å². The monoisotopic (exact) mass is 462 g/mol. The van der Waals surface area contributed by atoms with Crippen LogP contribution in [-0.4, -0.2) is 62.3 Å². The van der Waals surface area contributed by atoms with E-state index in [-0.39, 0.29) is 0 Å². The Morgan fingerprint density at radius 3 is 1.29 bits per heavy atom. The van der Waals surface area contributed by atoms with Gasteiger partial charge in [-0.3, -0.25) is 0 Å². The first-order chi connectivity index (χ1) is 3.45. The molecule has 0 fully saturated rings. The first-order valence-electron chi connectivity index (χ1n) is 1.43. The van der Waals surface area contributed by atoms with Gasteiger partial charge >= 0.3 is 68.9 Å². The van der Waals surface area contributed by atoms with Crippen LogP contribution in [0, 0.1) is 0 Å². The van der Waals surface area contributed by atoms with E-state index in [0.717, 1.165) is 6.63 Å². The van der Waals surface area contributed by atoms with Crippen LogP contribution in [0.3, 0.4) is 0 Å². The van der Waals surface area contributed by atoms with Crippen molar-refractivity contribution in [3.05, 3.63) is 0 Å². The third kappa shape index (κ3) is 1.61. The van der Waals surface area contributed by atoms with Gasteiger partial charge in [-0.15, -0.1) is 0 Å². The fourth-order valence-electron chi connectivity index (χ4n) is 0.243. The Morgan fingerprint density at radius 1 is 0.714 bits per heavy atom. The Balaban J connectivity index is 3.18. The van der Waals surface area contributed by atoms with Gasteiger partial charge in [0.1, 0.15) is 0 Å². The molecule has 0 saturated heterocycles. The Bertz CT molecular complexity index is 202. The molecule has 0 aliphatic rings. The molecule has 7 heteroatoms. The number of hydrogen-bond acceptors (Lipinski definition) is 0. The predicted octanol–water partition coefficient (Wildman–Crippen LogP) is -0.182. The van der Waals surface area contributed by atoms with Crippen LogP contribution < -0.4 is 0 Å². The standard InChI is InChI=1S/P2Se5/c3-1-4-6-2(3)7-5-1. The molecular formula is P2Se5. The molecule has 0 saturated carbocycles. The Morgan fingerprint density at radius 2 is 1.14 bits per heavy atom. The number of fused-ring (bicyclic) bond motifs is 2. The summed E-state index contributed by atoms with van der Waals surface area (Å²) in [5.41, 5.74) is 0. The topological polar surface area (TPSA) is 0 Å². The van der Waals surface area contributed by atoms with E-state index in [9.17, 15) is 0 Å².